The van der Waals surface area contributed by atoms with Crippen LogP contribution in [0.2, 0.25) is 0 Å². The Morgan fingerprint density at radius 1 is 0.825 bits per heavy atom. The summed E-state index contributed by atoms with van der Waals surface area (Å²) in [4.78, 5) is 0. The first kappa shape index (κ1) is 32.3. The van der Waals surface area contributed by atoms with Crippen LogP contribution in [0.1, 0.15) is 79.1 Å². The number of aryl methyl sites for hydroxylation is 1. The molecule has 204 valence electrons. The number of halogens is 2. The minimum atomic E-state index is 0. The minimum Gasteiger partial charge on any atom is -1.00 e. The molecular weight excluding hydrogens is 607 g/mol. The van der Waals surface area contributed by atoms with Gasteiger partial charge in [0.1, 0.15) is 0 Å². The van der Waals surface area contributed by atoms with E-state index in [1.54, 1.807) is 0 Å². The third kappa shape index (κ3) is 6.65. The Morgan fingerprint density at radius 3 is 1.95 bits per heavy atom. The van der Waals surface area contributed by atoms with E-state index < -0.39 is 0 Å². The Labute approximate surface area is 268 Å². The van der Waals surface area contributed by atoms with Crippen LogP contribution in [0.25, 0.3) is 23.3 Å². The van der Waals surface area contributed by atoms with Gasteiger partial charge in [0.2, 0.25) is 0 Å². The van der Waals surface area contributed by atoms with Crippen LogP contribution in [-0.2, 0) is 41.5 Å². The van der Waals surface area contributed by atoms with Crippen molar-refractivity contribution in [1.29, 1.82) is 0 Å². The van der Waals surface area contributed by atoms with Crippen molar-refractivity contribution in [1.82, 2.24) is 0 Å². The topological polar surface area (TPSA) is 0 Å². The molecule has 0 atom stereocenters. The van der Waals surface area contributed by atoms with Crippen molar-refractivity contribution < 1.29 is 49.0 Å². The van der Waals surface area contributed by atoms with Gasteiger partial charge in [0.05, 0.1) is 0 Å². The van der Waals surface area contributed by atoms with Gasteiger partial charge in [0.15, 0.2) is 0 Å². The predicted octanol–water partition coefficient (Wildman–Crippen LogP) is 3.17. The fraction of sp³-hybridized carbons (Fsp3) is 0.243. The third-order valence-corrected chi connectivity index (χ3v) is 8.61. The zero-order chi connectivity index (χ0) is 27.1. The van der Waals surface area contributed by atoms with E-state index in [1.165, 1.54) is 83.1 Å². The summed E-state index contributed by atoms with van der Waals surface area (Å²) in [6, 6.07) is 28.3. The molecule has 0 N–H and O–H groups in total. The molecule has 3 heteroatoms. The zero-order valence-corrected chi connectivity index (χ0v) is 28.2. The maximum absolute atomic E-state index is 3.50. The van der Waals surface area contributed by atoms with Gasteiger partial charge in [0.25, 0.3) is 0 Å². The van der Waals surface area contributed by atoms with Gasteiger partial charge in [0, 0.05) is 5.41 Å². The van der Waals surface area contributed by atoms with Crippen LogP contribution in [0.4, 0.5) is 0 Å². The Hall–Kier alpha value is -2.18. The molecule has 0 saturated heterocycles. The van der Waals surface area contributed by atoms with Crippen molar-refractivity contribution in [2.45, 2.75) is 58.8 Å². The van der Waals surface area contributed by atoms with E-state index in [1.807, 2.05) is 30.3 Å². The molecule has 4 aromatic carbocycles. The molecule has 0 nitrogen and oxygen atoms in total. The second-order valence-electron chi connectivity index (χ2n) is 11.8. The Bertz CT molecular complexity index is 1450. The van der Waals surface area contributed by atoms with Crippen LogP contribution in [0.5, 0.6) is 0 Å². The SMILES string of the molecule is CC1(C)[C-]=Cc2cc3c(cc21)Cc1cc2c(cc1-3)C=CC2(C)C.C[C](=[Zr+2])c1ccc(C)cc1.[Cl-].[Cl-].c1cc[cH-]c1. The van der Waals surface area contributed by atoms with E-state index in [0.717, 1.165) is 6.42 Å². The van der Waals surface area contributed by atoms with Gasteiger partial charge < -0.3 is 24.8 Å². The molecule has 0 bridgehead atoms. The summed E-state index contributed by atoms with van der Waals surface area (Å²) in [6.07, 6.45) is 11.4. The molecule has 0 radical (unpaired) electrons. The van der Waals surface area contributed by atoms with Crippen molar-refractivity contribution >= 4 is 15.4 Å². The molecule has 0 fully saturated rings. The molecule has 40 heavy (non-hydrogen) atoms. The number of allylic oxidation sites excluding steroid dienone is 2. The molecule has 0 unspecified atom stereocenters. The molecule has 0 aromatic heterocycles. The number of hydrogen-bond donors (Lipinski definition) is 0. The zero-order valence-electron chi connectivity index (χ0n) is 24.2. The molecule has 0 heterocycles. The van der Waals surface area contributed by atoms with E-state index in [9.17, 15) is 0 Å². The Balaban J connectivity index is 0.000000217. The number of fused-ring (bicyclic) bond motifs is 5. The standard InChI is InChI=1S/C23H21.C9H10.C5H5.2ClH.Zr/c1-22(2)7-5-14-10-18-16(12-20(14)22)9-17-13-21-15(11-19(17)18)6-8-23(21,3)4;1-3-9-6-4-8(2)5-7-9;1-2-4-5-3-1;;;/h5-7,10-13H,9H2,1-4H3;4-7H,1-2H3;1-5H;2*1H;/q-1;;-1;;;+2/p-2. The minimum absolute atomic E-state index is 0. The smallest absolute Gasteiger partial charge is 0.172 e. The van der Waals surface area contributed by atoms with Crippen LogP contribution < -0.4 is 24.8 Å². The normalized spacial score (nSPS) is 15.1. The molecule has 0 spiro atoms. The Morgan fingerprint density at radius 2 is 1.40 bits per heavy atom. The van der Waals surface area contributed by atoms with Gasteiger partial charge >= 0.3 is 76.7 Å². The quantitative estimate of drug-likeness (QED) is 0.247. The average molecular weight is 643 g/mol. The van der Waals surface area contributed by atoms with Gasteiger partial charge in [-0.15, -0.1) is 11.6 Å². The monoisotopic (exact) mass is 640 g/mol. The number of hydrogen-bond acceptors (Lipinski definition) is 0. The summed E-state index contributed by atoms with van der Waals surface area (Å²) < 4.78 is 1.46. The molecule has 7 rings (SSSR count). The number of benzene rings is 3. The third-order valence-electron chi connectivity index (χ3n) is 7.90. The summed E-state index contributed by atoms with van der Waals surface area (Å²) in [5, 5.41) is 0. The van der Waals surface area contributed by atoms with Crippen molar-refractivity contribution in [3.63, 3.8) is 0 Å². The predicted molar refractivity (Wildman–Crippen MR) is 160 cm³/mol. The maximum atomic E-state index is 3.50. The first-order valence-electron chi connectivity index (χ1n) is 13.5. The maximum Gasteiger partial charge on any atom is -0.172 e. The van der Waals surface area contributed by atoms with Gasteiger partial charge in [-0.25, -0.2) is 18.2 Å². The van der Waals surface area contributed by atoms with Crippen LogP contribution in [0, 0.1) is 13.0 Å². The van der Waals surface area contributed by atoms with Crippen molar-refractivity contribution in [3.05, 3.63) is 136 Å². The molecule has 3 aliphatic rings. The van der Waals surface area contributed by atoms with Gasteiger partial charge in [-0.3, -0.25) is 6.08 Å². The summed E-state index contributed by atoms with van der Waals surface area (Å²) in [5.41, 5.74) is 14.4. The van der Waals surface area contributed by atoms with E-state index in [-0.39, 0.29) is 35.6 Å². The molecule has 0 saturated carbocycles. The molecule has 4 aromatic rings. The van der Waals surface area contributed by atoms with Crippen LogP contribution in [-0.4, -0.2) is 3.21 Å². The number of rotatable bonds is 1. The van der Waals surface area contributed by atoms with E-state index in [0.29, 0.717) is 0 Å². The summed E-state index contributed by atoms with van der Waals surface area (Å²) in [6.45, 7) is 13.4. The van der Waals surface area contributed by atoms with E-state index in [4.69, 9.17) is 0 Å². The summed E-state index contributed by atoms with van der Waals surface area (Å²) in [7, 11) is 0. The molecule has 3 aliphatic carbocycles. The van der Waals surface area contributed by atoms with Crippen LogP contribution >= 0.6 is 0 Å². The van der Waals surface area contributed by atoms with Gasteiger partial charge in [-0.2, -0.15) is 23.8 Å². The molecule has 0 aliphatic heterocycles. The average Bonchev–Trinajstić information content (AvgIpc) is 3.66. The van der Waals surface area contributed by atoms with Gasteiger partial charge in [-0.1, -0.05) is 57.4 Å². The fourth-order valence-corrected chi connectivity index (χ4v) is 5.94. The van der Waals surface area contributed by atoms with Gasteiger partial charge in [-0.05, 0) is 45.9 Å². The molecule has 0 amide bonds. The largest absolute Gasteiger partial charge is 1.00 e. The van der Waals surface area contributed by atoms with Crippen LogP contribution in [0.3, 0.4) is 0 Å². The van der Waals surface area contributed by atoms with Crippen molar-refractivity contribution in [3.8, 4) is 11.1 Å². The van der Waals surface area contributed by atoms with E-state index in [2.05, 4.69) is 114 Å². The summed E-state index contributed by atoms with van der Waals surface area (Å²) >= 11 is 1.51. The second-order valence-corrected chi connectivity index (χ2v) is 13.6. The second kappa shape index (κ2) is 12.8. The first-order valence-corrected chi connectivity index (χ1v) is 14.7. The molecular formula is C37H36Cl2Zr-2. The van der Waals surface area contributed by atoms with Crippen molar-refractivity contribution in [2.75, 3.05) is 0 Å². The van der Waals surface area contributed by atoms with E-state index >= 15 is 0 Å². The van der Waals surface area contributed by atoms with Crippen LogP contribution in [0.15, 0.2) is 84.9 Å². The summed E-state index contributed by atoms with van der Waals surface area (Å²) in [5.74, 6) is 0. The first-order chi connectivity index (χ1) is 18.0. The Kier molecular flexibility index (Phi) is 10.3. The van der Waals surface area contributed by atoms with Crippen molar-refractivity contribution in [2.24, 2.45) is 0 Å². The fourth-order valence-electron chi connectivity index (χ4n) is 5.53.